The Bertz CT molecular complexity index is 817. The van der Waals surface area contributed by atoms with E-state index in [4.69, 9.17) is 0 Å². The number of aliphatic hydroxyl groups is 1. The third-order valence-corrected chi connectivity index (χ3v) is 4.55. The number of aromatic amines is 1. The average molecular weight is 329 g/mol. The van der Waals surface area contributed by atoms with Crippen LogP contribution in [0.1, 0.15) is 48.8 Å². The lowest BCUT2D eigenvalue weighted by Crippen LogP contribution is -2.35. The first-order valence-corrected chi connectivity index (χ1v) is 8.19. The summed E-state index contributed by atoms with van der Waals surface area (Å²) < 4.78 is 0. The van der Waals surface area contributed by atoms with Crippen LogP contribution in [0.5, 0.6) is 0 Å². The van der Waals surface area contributed by atoms with Gasteiger partial charge in [0, 0.05) is 30.4 Å². The van der Waals surface area contributed by atoms with Crippen LogP contribution in [0.15, 0.2) is 12.3 Å². The molecule has 0 bridgehead atoms. The second-order valence-electron chi connectivity index (χ2n) is 7.49. The van der Waals surface area contributed by atoms with E-state index in [0.29, 0.717) is 29.6 Å². The van der Waals surface area contributed by atoms with Crippen molar-refractivity contribution in [3.63, 3.8) is 0 Å². The fourth-order valence-electron chi connectivity index (χ4n) is 3.27. The molecule has 0 aromatic carbocycles. The molecule has 24 heavy (non-hydrogen) atoms. The van der Waals surface area contributed by atoms with Crippen molar-refractivity contribution in [1.82, 2.24) is 14.9 Å². The Morgan fingerprint density at radius 2 is 2.08 bits per heavy atom. The van der Waals surface area contributed by atoms with Gasteiger partial charge in [0.15, 0.2) is 0 Å². The number of nitrogens with one attached hydrogen (secondary N) is 1. The second-order valence-corrected chi connectivity index (χ2v) is 7.49. The number of β-amino-alcohol motifs (C(OH)–C–C–N with tert-alkyl or cyclic N) is 1. The van der Waals surface area contributed by atoms with Gasteiger partial charge in [-0.3, -0.25) is 9.59 Å². The van der Waals surface area contributed by atoms with Crippen molar-refractivity contribution in [2.45, 2.75) is 45.6 Å². The Labute approximate surface area is 140 Å². The molecule has 0 saturated carbocycles. The van der Waals surface area contributed by atoms with E-state index in [2.05, 4.69) is 30.7 Å². The van der Waals surface area contributed by atoms with Crippen molar-refractivity contribution in [1.29, 1.82) is 0 Å². The van der Waals surface area contributed by atoms with Crippen LogP contribution in [0.4, 0.5) is 0 Å². The number of ketones is 1. The van der Waals surface area contributed by atoms with E-state index < -0.39 is 17.8 Å². The number of aromatic nitrogens is 2. The number of aliphatic hydroxyl groups excluding tert-OH is 1. The number of Topliss-reactive ketones (excluding diaryl/α,β-unsaturated/α-hetero) is 1. The van der Waals surface area contributed by atoms with E-state index in [1.54, 1.807) is 6.20 Å². The van der Waals surface area contributed by atoms with Crippen molar-refractivity contribution >= 4 is 22.7 Å². The third-order valence-electron chi connectivity index (χ3n) is 4.55. The van der Waals surface area contributed by atoms with Crippen LogP contribution in [0.2, 0.25) is 0 Å². The summed E-state index contributed by atoms with van der Waals surface area (Å²) in [7, 11) is 0. The van der Waals surface area contributed by atoms with Gasteiger partial charge >= 0.3 is 0 Å². The number of pyridine rings is 1. The Morgan fingerprint density at radius 1 is 1.38 bits per heavy atom. The summed E-state index contributed by atoms with van der Waals surface area (Å²) >= 11 is 0. The van der Waals surface area contributed by atoms with Crippen LogP contribution in [0.25, 0.3) is 11.0 Å². The molecule has 0 radical (unpaired) electrons. The SMILES string of the molecule is Cc1nc2[nH]cc(C(=O)C(=O)N3CCC(O)C3)c2cc1C(C)(C)C. The van der Waals surface area contributed by atoms with Gasteiger partial charge in [-0.15, -0.1) is 0 Å². The molecule has 0 spiro atoms. The number of H-pyrrole nitrogens is 1. The number of nitrogens with zero attached hydrogens (tertiary/aromatic N) is 2. The summed E-state index contributed by atoms with van der Waals surface area (Å²) in [5.41, 5.74) is 2.80. The van der Waals surface area contributed by atoms with Crippen molar-refractivity contribution in [3.05, 3.63) is 29.1 Å². The average Bonchev–Trinajstić information content (AvgIpc) is 3.09. The molecule has 1 aliphatic rings. The zero-order valence-corrected chi connectivity index (χ0v) is 14.5. The monoisotopic (exact) mass is 329 g/mol. The fourth-order valence-corrected chi connectivity index (χ4v) is 3.27. The highest BCUT2D eigenvalue weighted by Crippen LogP contribution is 2.29. The predicted molar refractivity (Wildman–Crippen MR) is 91.1 cm³/mol. The van der Waals surface area contributed by atoms with E-state index in [0.717, 1.165) is 11.3 Å². The van der Waals surface area contributed by atoms with E-state index in [1.807, 2.05) is 13.0 Å². The molecule has 1 saturated heterocycles. The highest BCUT2D eigenvalue weighted by molar-refractivity contribution is 6.44. The standard InChI is InChI=1S/C18H23N3O3/c1-10-14(18(2,3)4)7-12-13(8-19-16(12)20-10)15(23)17(24)21-6-5-11(22)9-21/h7-8,11,22H,5-6,9H2,1-4H3,(H,19,20). The molecule has 0 aliphatic carbocycles. The number of hydrogen-bond acceptors (Lipinski definition) is 4. The predicted octanol–water partition coefficient (Wildman–Crippen LogP) is 1.94. The molecule has 3 heterocycles. The minimum absolute atomic E-state index is 0.105. The zero-order chi connectivity index (χ0) is 17.6. The lowest BCUT2D eigenvalue weighted by molar-refractivity contribution is -0.125. The third kappa shape index (κ3) is 2.82. The zero-order valence-electron chi connectivity index (χ0n) is 14.5. The summed E-state index contributed by atoms with van der Waals surface area (Å²) in [6.45, 7) is 8.85. The van der Waals surface area contributed by atoms with E-state index in [-0.39, 0.29) is 12.0 Å². The number of aryl methyl sites for hydroxylation is 1. The molecule has 2 N–H and O–H groups in total. The smallest absolute Gasteiger partial charge is 0.295 e. The van der Waals surface area contributed by atoms with Crippen molar-refractivity contribution in [2.24, 2.45) is 0 Å². The van der Waals surface area contributed by atoms with E-state index >= 15 is 0 Å². The maximum Gasteiger partial charge on any atom is 0.295 e. The number of rotatable bonds is 2. The number of amides is 1. The van der Waals surface area contributed by atoms with Crippen molar-refractivity contribution < 1.29 is 14.7 Å². The topological polar surface area (TPSA) is 86.3 Å². The van der Waals surface area contributed by atoms with Crippen LogP contribution in [-0.2, 0) is 10.2 Å². The number of hydrogen-bond donors (Lipinski definition) is 2. The normalized spacial score (nSPS) is 18.4. The first-order valence-electron chi connectivity index (χ1n) is 8.19. The summed E-state index contributed by atoms with van der Waals surface area (Å²) in [4.78, 5) is 34.0. The lowest BCUT2D eigenvalue weighted by atomic mass is 9.85. The van der Waals surface area contributed by atoms with E-state index in [9.17, 15) is 14.7 Å². The molecule has 1 unspecified atom stereocenters. The van der Waals surface area contributed by atoms with Gasteiger partial charge in [0.1, 0.15) is 5.65 Å². The Morgan fingerprint density at radius 3 is 2.67 bits per heavy atom. The first-order chi connectivity index (χ1) is 11.2. The molecule has 128 valence electrons. The largest absolute Gasteiger partial charge is 0.391 e. The maximum absolute atomic E-state index is 12.6. The molecule has 2 aromatic heterocycles. The van der Waals surface area contributed by atoms with Crippen LogP contribution in [0, 0.1) is 6.92 Å². The molecule has 1 atom stereocenters. The number of carbonyl (C=O) groups is 2. The summed E-state index contributed by atoms with van der Waals surface area (Å²) in [6.07, 6.45) is 1.53. The summed E-state index contributed by atoms with van der Waals surface area (Å²) in [6, 6.07) is 1.95. The molecule has 3 rings (SSSR count). The number of likely N-dealkylation sites (tertiary alicyclic amines) is 1. The second kappa shape index (κ2) is 5.70. The fraction of sp³-hybridized carbons (Fsp3) is 0.500. The minimum Gasteiger partial charge on any atom is -0.391 e. The van der Waals surface area contributed by atoms with Crippen molar-refractivity contribution in [2.75, 3.05) is 13.1 Å². The minimum atomic E-state index is -0.565. The molecule has 1 aliphatic heterocycles. The number of carbonyl (C=O) groups excluding carboxylic acids is 2. The van der Waals surface area contributed by atoms with Gasteiger partial charge < -0.3 is 15.0 Å². The van der Waals surface area contributed by atoms with Gasteiger partial charge in [0.2, 0.25) is 0 Å². The highest BCUT2D eigenvalue weighted by atomic mass is 16.3. The lowest BCUT2D eigenvalue weighted by Gasteiger charge is -2.21. The molecular formula is C18H23N3O3. The summed E-state index contributed by atoms with van der Waals surface area (Å²) in [5, 5.41) is 10.2. The molecule has 6 nitrogen and oxygen atoms in total. The quantitative estimate of drug-likeness (QED) is 0.651. The molecular weight excluding hydrogens is 306 g/mol. The van der Waals surface area contributed by atoms with Crippen LogP contribution in [-0.4, -0.2) is 50.9 Å². The molecule has 2 aromatic rings. The van der Waals surface area contributed by atoms with Gasteiger partial charge in [-0.25, -0.2) is 4.98 Å². The highest BCUT2D eigenvalue weighted by Gasteiger charge is 2.31. The molecule has 1 fully saturated rings. The van der Waals surface area contributed by atoms with Crippen LogP contribution in [0.3, 0.4) is 0 Å². The molecule has 6 heteroatoms. The Kier molecular flexibility index (Phi) is 3.95. The van der Waals surface area contributed by atoms with Gasteiger partial charge in [0.25, 0.3) is 11.7 Å². The van der Waals surface area contributed by atoms with Crippen molar-refractivity contribution in [3.8, 4) is 0 Å². The van der Waals surface area contributed by atoms with Gasteiger partial charge in [0.05, 0.1) is 11.7 Å². The van der Waals surface area contributed by atoms with Gasteiger partial charge in [-0.1, -0.05) is 20.8 Å². The Hall–Kier alpha value is -2.21. The first kappa shape index (κ1) is 16.6. The maximum atomic E-state index is 12.6. The van der Waals surface area contributed by atoms with Gasteiger partial charge in [-0.2, -0.15) is 0 Å². The molecule has 1 amide bonds. The van der Waals surface area contributed by atoms with E-state index in [1.165, 1.54) is 4.90 Å². The van der Waals surface area contributed by atoms with Crippen LogP contribution < -0.4 is 0 Å². The number of fused-ring (bicyclic) bond motifs is 1. The van der Waals surface area contributed by atoms with Gasteiger partial charge in [-0.05, 0) is 30.4 Å². The summed E-state index contributed by atoms with van der Waals surface area (Å²) in [5.74, 6) is -1.12. The Balaban J connectivity index is 2.00. The van der Waals surface area contributed by atoms with Crippen LogP contribution >= 0.6 is 0 Å².